The maximum atomic E-state index is 12.7. The van der Waals surface area contributed by atoms with Crippen LogP contribution in [-0.4, -0.2) is 51.5 Å². The highest BCUT2D eigenvalue weighted by atomic mass is 35.5. The monoisotopic (exact) mass is 379 g/mol. The fourth-order valence-electron chi connectivity index (χ4n) is 3.07. The summed E-state index contributed by atoms with van der Waals surface area (Å²) < 4.78 is 7.33. The van der Waals surface area contributed by atoms with E-state index >= 15 is 0 Å². The maximum Gasteiger partial charge on any atom is 0.276 e. The van der Waals surface area contributed by atoms with Gasteiger partial charge >= 0.3 is 0 Å². The molecule has 3 rings (SSSR count). The highest BCUT2D eigenvalue weighted by Crippen LogP contribution is 2.21. The van der Waals surface area contributed by atoms with E-state index in [0.717, 1.165) is 30.1 Å². The van der Waals surface area contributed by atoms with E-state index in [2.05, 4.69) is 10.3 Å². The summed E-state index contributed by atoms with van der Waals surface area (Å²) in [4.78, 5) is 14.5. The van der Waals surface area contributed by atoms with Gasteiger partial charge < -0.3 is 15.4 Å². The highest BCUT2D eigenvalue weighted by Gasteiger charge is 2.29. The number of benzene rings is 1. The molecule has 1 aromatic carbocycles. The van der Waals surface area contributed by atoms with E-state index in [4.69, 9.17) is 10.5 Å². The predicted octanol–water partition coefficient (Wildman–Crippen LogP) is 2.21. The molecular weight excluding hydrogens is 354 g/mol. The molecule has 1 atom stereocenters. The van der Waals surface area contributed by atoms with Crippen molar-refractivity contribution in [3.8, 4) is 11.4 Å². The van der Waals surface area contributed by atoms with E-state index < -0.39 is 0 Å². The first-order chi connectivity index (χ1) is 12.0. The lowest BCUT2D eigenvalue weighted by molar-refractivity contribution is 0.0781. The smallest absolute Gasteiger partial charge is 0.276 e. The molecule has 1 amide bonds. The maximum absolute atomic E-state index is 12.7. The van der Waals surface area contributed by atoms with Gasteiger partial charge in [0, 0.05) is 13.1 Å². The molecule has 0 radical (unpaired) electrons. The molecule has 1 unspecified atom stereocenters. The van der Waals surface area contributed by atoms with Crippen LogP contribution in [0, 0.1) is 12.8 Å². The Morgan fingerprint density at radius 2 is 2.04 bits per heavy atom. The van der Waals surface area contributed by atoms with Crippen molar-refractivity contribution in [3.63, 3.8) is 0 Å². The number of amides is 1. The van der Waals surface area contributed by atoms with Crippen LogP contribution in [0.3, 0.4) is 0 Å². The molecule has 26 heavy (non-hydrogen) atoms. The van der Waals surface area contributed by atoms with Gasteiger partial charge in [0.05, 0.1) is 17.5 Å². The van der Waals surface area contributed by atoms with Crippen LogP contribution in [0.2, 0.25) is 0 Å². The molecule has 1 aliphatic rings. The van der Waals surface area contributed by atoms with Crippen LogP contribution in [-0.2, 0) is 0 Å². The van der Waals surface area contributed by atoms with Crippen LogP contribution in [0.5, 0.6) is 5.75 Å². The molecule has 7 nitrogen and oxygen atoms in total. The Morgan fingerprint density at radius 3 is 2.62 bits per heavy atom. The largest absolute Gasteiger partial charge is 0.491 e. The number of hydrogen-bond acceptors (Lipinski definition) is 5. The minimum atomic E-state index is -0.0699. The number of carbonyl (C=O) groups excluding carboxylic acids is 1. The Hall–Kier alpha value is -2.12. The van der Waals surface area contributed by atoms with Crippen LogP contribution in [0.25, 0.3) is 5.69 Å². The van der Waals surface area contributed by atoms with Crippen molar-refractivity contribution in [1.29, 1.82) is 0 Å². The Kier molecular flexibility index (Phi) is 6.61. The molecular formula is C18H26ClN5O2. The lowest BCUT2D eigenvalue weighted by atomic mass is 10.1. The second-order valence-electron chi connectivity index (χ2n) is 6.74. The second kappa shape index (κ2) is 8.51. The Morgan fingerprint density at radius 1 is 1.35 bits per heavy atom. The fourth-order valence-corrected chi connectivity index (χ4v) is 3.07. The zero-order chi connectivity index (χ0) is 18.0. The zero-order valence-electron chi connectivity index (χ0n) is 15.4. The summed E-state index contributed by atoms with van der Waals surface area (Å²) in [5.41, 5.74) is 7.69. The summed E-state index contributed by atoms with van der Waals surface area (Å²) in [7, 11) is 0. The molecule has 0 aliphatic carbocycles. The van der Waals surface area contributed by atoms with E-state index in [1.807, 2.05) is 49.9 Å². The number of carbonyl (C=O) groups is 1. The van der Waals surface area contributed by atoms with Gasteiger partial charge in [-0.25, -0.2) is 4.68 Å². The topological polar surface area (TPSA) is 86.3 Å². The van der Waals surface area contributed by atoms with E-state index in [9.17, 15) is 4.79 Å². The molecule has 1 aliphatic heterocycles. The summed E-state index contributed by atoms with van der Waals surface area (Å²) in [5.74, 6) is 1.12. The molecule has 2 heterocycles. The summed E-state index contributed by atoms with van der Waals surface area (Å²) in [6.07, 6.45) is 1.08. The first-order valence-corrected chi connectivity index (χ1v) is 8.68. The lowest BCUT2D eigenvalue weighted by Crippen LogP contribution is -2.30. The first kappa shape index (κ1) is 20.2. The molecule has 1 aromatic heterocycles. The molecule has 0 spiro atoms. The molecule has 2 N–H and O–H groups in total. The van der Waals surface area contributed by atoms with Crippen molar-refractivity contribution >= 4 is 18.3 Å². The summed E-state index contributed by atoms with van der Waals surface area (Å²) in [6, 6.07) is 7.61. The zero-order valence-corrected chi connectivity index (χ0v) is 16.2. The first-order valence-electron chi connectivity index (χ1n) is 8.68. The third kappa shape index (κ3) is 4.16. The lowest BCUT2D eigenvalue weighted by Gasteiger charge is -2.15. The summed E-state index contributed by atoms with van der Waals surface area (Å²) in [6.45, 7) is 7.88. The van der Waals surface area contributed by atoms with E-state index in [1.54, 1.807) is 4.68 Å². The average Bonchev–Trinajstić information content (AvgIpc) is 3.21. The minimum absolute atomic E-state index is 0. The van der Waals surface area contributed by atoms with Gasteiger partial charge in [0.2, 0.25) is 0 Å². The van der Waals surface area contributed by atoms with Crippen molar-refractivity contribution in [2.24, 2.45) is 11.7 Å². The number of likely N-dealkylation sites (tertiary alicyclic amines) is 1. The van der Waals surface area contributed by atoms with Crippen LogP contribution in [0.4, 0.5) is 0 Å². The molecule has 0 bridgehead atoms. The number of ether oxygens (including phenoxy) is 1. The standard InChI is InChI=1S/C18H25N5O2.ClH/c1-12(2)25-16-6-4-15(5-7-16)23-13(3)17(20-21-23)18(24)22-9-8-14(10-19)11-22;/h4-7,12,14H,8-11,19H2,1-3H3;1H. The fraction of sp³-hybridized carbons (Fsp3) is 0.500. The van der Waals surface area contributed by atoms with Gasteiger partial charge in [-0.3, -0.25) is 4.79 Å². The third-order valence-electron chi connectivity index (χ3n) is 4.46. The van der Waals surface area contributed by atoms with Gasteiger partial charge in [0.15, 0.2) is 5.69 Å². The Bertz CT molecular complexity index is 745. The number of nitrogens with zero attached hydrogens (tertiary/aromatic N) is 4. The summed E-state index contributed by atoms with van der Waals surface area (Å²) >= 11 is 0. The van der Waals surface area contributed by atoms with Crippen molar-refractivity contribution in [1.82, 2.24) is 19.9 Å². The van der Waals surface area contributed by atoms with E-state index in [0.29, 0.717) is 24.7 Å². The predicted molar refractivity (Wildman–Crippen MR) is 102 cm³/mol. The second-order valence-corrected chi connectivity index (χ2v) is 6.74. The van der Waals surface area contributed by atoms with E-state index in [-0.39, 0.29) is 24.4 Å². The van der Waals surface area contributed by atoms with Crippen LogP contribution >= 0.6 is 12.4 Å². The molecule has 0 saturated carbocycles. The van der Waals surface area contributed by atoms with Crippen molar-refractivity contribution < 1.29 is 9.53 Å². The van der Waals surface area contributed by atoms with Gasteiger partial charge in [-0.1, -0.05) is 5.21 Å². The number of nitrogens with two attached hydrogens (primary N) is 1. The van der Waals surface area contributed by atoms with Crippen LogP contribution in [0.1, 0.15) is 36.5 Å². The normalized spacial score (nSPS) is 16.7. The number of aromatic nitrogens is 3. The number of hydrogen-bond donors (Lipinski definition) is 1. The van der Waals surface area contributed by atoms with Gasteiger partial charge in [-0.15, -0.1) is 17.5 Å². The molecule has 142 valence electrons. The van der Waals surface area contributed by atoms with Crippen molar-refractivity contribution in [2.75, 3.05) is 19.6 Å². The van der Waals surface area contributed by atoms with Crippen LogP contribution < -0.4 is 10.5 Å². The summed E-state index contributed by atoms with van der Waals surface area (Å²) in [5, 5.41) is 8.28. The quantitative estimate of drug-likeness (QED) is 0.860. The van der Waals surface area contributed by atoms with Gasteiger partial charge in [0.1, 0.15) is 5.75 Å². The van der Waals surface area contributed by atoms with Gasteiger partial charge in [-0.2, -0.15) is 0 Å². The van der Waals surface area contributed by atoms with Crippen molar-refractivity contribution in [3.05, 3.63) is 35.7 Å². The molecule has 1 saturated heterocycles. The number of halogens is 1. The van der Waals surface area contributed by atoms with E-state index in [1.165, 1.54) is 0 Å². The minimum Gasteiger partial charge on any atom is -0.491 e. The van der Waals surface area contributed by atoms with Crippen molar-refractivity contribution in [2.45, 2.75) is 33.3 Å². The third-order valence-corrected chi connectivity index (χ3v) is 4.46. The highest BCUT2D eigenvalue weighted by molar-refractivity contribution is 5.93. The Balaban J connectivity index is 0.00000243. The SMILES string of the molecule is Cc1c(C(=O)N2CCC(CN)C2)nnn1-c1ccc(OC(C)C)cc1.Cl. The van der Waals surface area contributed by atoms with Crippen LogP contribution in [0.15, 0.2) is 24.3 Å². The van der Waals surface area contributed by atoms with Gasteiger partial charge in [0.25, 0.3) is 5.91 Å². The Labute approximate surface area is 159 Å². The molecule has 8 heteroatoms. The van der Waals surface area contributed by atoms with Gasteiger partial charge in [-0.05, 0) is 63.9 Å². The molecule has 2 aromatic rings. The number of rotatable bonds is 5. The molecule has 1 fully saturated rings. The average molecular weight is 380 g/mol.